The molecule has 192 valence electrons. The Balaban J connectivity index is 1.50. The molecule has 0 N–H and O–H groups in total. The predicted octanol–water partition coefficient (Wildman–Crippen LogP) is 6.16. The first-order valence-corrected chi connectivity index (χ1v) is 13.6. The van der Waals surface area contributed by atoms with Gasteiger partial charge in [-0.2, -0.15) is 0 Å². The van der Waals surface area contributed by atoms with Crippen molar-refractivity contribution in [2.24, 2.45) is 5.92 Å². The van der Waals surface area contributed by atoms with Crippen molar-refractivity contribution < 1.29 is 18.7 Å². The van der Waals surface area contributed by atoms with E-state index in [1.165, 1.54) is 16.7 Å². The zero-order chi connectivity index (χ0) is 25.7. The van der Waals surface area contributed by atoms with Crippen LogP contribution in [0.1, 0.15) is 72.6 Å². The van der Waals surface area contributed by atoms with Gasteiger partial charge >= 0.3 is 0 Å². The van der Waals surface area contributed by atoms with Crippen molar-refractivity contribution in [3.63, 3.8) is 0 Å². The van der Waals surface area contributed by atoms with Crippen molar-refractivity contribution in [3.05, 3.63) is 75.9 Å². The maximum absolute atomic E-state index is 13.6. The van der Waals surface area contributed by atoms with E-state index in [0.29, 0.717) is 31.5 Å². The number of amides is 2. The minimum atomic E-state index is -0.250. The standard InChI is InChI=1S/C29H36N2O4S/c1-20(2)11-14-30(29(33)26-6-5-16-34-26)18-28(32)31-15-12-27-24(13-17-36-27)25(31)19-35-23-9-7-22(8-10-23)21(3)4/h5-10,13,16-17,20-21,25H,11-12,14-15,18-19H2,1-4H3/t25-/m0/s1. The van der Waals surface area contributed by atoms with Gasteiger partial charge in [-0.3, -0.25) is 9.59 Å². The lowest BCUT2D eigenvalue weighted by Crippen LogP contribution is -2.48. The summed E-state index contributed by atoms with van der Waals surface area (Å²) in [6.07, 6.45) is 3.11. The Hall–Kier alpha value is -3.06. The van der Waals surface area contributed by atoms with Gasteiger partial charge in [0, 0.05) is 18.0 Å². The summed E-state index contributed by atoms with van der Waals surface area (Å²) in [6, 6.07) is 13.4. The van der Waals surface area contributed by atoms with E-state index in [1.54, 1.807) is 28.4 Å². The number of fused-ring (bicyclic) bond motifs is 1. The van der Waals surface area contributed by atoms with Crippen molar-refractivity contribution in [1.29, 1.82) is 0 Å². The van der Waals surface area contributed by atoms with Crippen LogP contribution >= 0.6 is 11.3 Å². The third kappa shape index (κ3) is 6.19. The van der Waals surface area contributed by atoms with Gasteiger partial charge in [0.15, 0.2) is 5.76 Å². The molecule has 36 heavy (non-hydrogen) atoms. The largest absolute Gasteiger partial charge is 0.491 e. The van der Waals surface area contributed by atoms with Crippen LogP contribution in [-0.4, -0.2) is 47.9 Å². The molecule has 3 heterocycles. The quantitative estimate of drug-likeness (QED) is 0.329. The molecule has 0 aliphatic carbocycles. The van der Waals surface area contributed by atoms with Crippen LogP contribution in [0.3, 0.4) is 0 Å². The van der Waals surface area contributed by atoms with E-state index in [0.717, 1.165) is 24.2 Å². The fourth-order valence-corrected chi connectivity index (χ4v) is 5.40. The van der Waals surface area contributed by atoms with E-state index in [-0.39, 0.29) is 30.2 Å². The molecule has 3 aromatic rings. The minimum absolute atomic E-state index is 0.0192. The third-order valence-corrected chi connectivity index (χ3v) is 7.69. The number of ether oxygens (including phenoxy) is 1. The molecule has 6 nitrogen and oxygen atoms in total. The van der Waals surface area contributed by atoms with Crippen molar-refractivity contribution >= 4 is 23.2 Å². The van der Waals surface area contributed by atoms with Crippen LogP contribution in [0.2, 0.25) is 0 Å². The molecule has 1 aromatic carbocycles. The molecule has 0 spiro atoms. The molecule has 7 heteroatoms. The van der Waals surface area contributed by atoms with E-state index in [1.807, 2.05) is 17.0 Å². The molecular weight excluding hydrogens is 472 g/mol. The first-order valence-electron chi connectivity index (χ1n) is 12.7. The van der Waals surface area contributed by atoms with Gasteiger partial charge in [-0.25, -0.2) is 0 Å². The van der Waals surface area contributed by atoms with Crippen LogP contribution < -0.4 is 4.74 Å². The SMILES string of the molecule is CC(C)CCN(CC(=O)N1CCc2sccc2[C@@H]1COc1ccc(C(C)C)cc1)C(=O)c1ccco1. The number of hydrogen-bond acceptors (Lipinski definition) is 5. The van der Waals surface area contributed by atoms with Gasteiger partial charge < -0.3 is 19.0 Å². The summed E-state index contributed by atoms with van der Waals surface area (Å²) in [7, 11) is 0. The number of benzene rings is 1. The minimum Gasteiger partial charge on any atom is -0.491 e. The van der Waals surface area contributed by atoms with Gasteiger partial charge in [0.05, 0.1) is 12.3 Å². The Morgan fingerprint density at radius 2 is 1.92 bits per heavy atom. The van der Waals surface area contributed by atoms with Crippen molar-refractivity contribution in [2.75, 3.05) is 26.2 Å². The molecule has 2 aromatic heterocycles. The molecule has 2 amide bonds. The lowest BCUT2D eigenvalue weighted by Gasteiger charge is -2.37. The predicted molar refractivity (Wildman–Crippen MR) is 143 cm³/mol. The summed E-state index contributed by atoms with van der Waals surface area (Å²) in [5.41, 5.74) is 2.41. The average Bonchev–Trinajstić information content (AvgIpc) is 3.57. The highest BCUT2D eigenvalue weighted by Crippen LogP contribution is 2.34. The lowest BCUT2D eigenvalue weighted by atomic mass is 10.00. The molecule has 4 rings (SSSR count). The molecular formula is C29H36N2O4S. The highest BCUT2D eigenvalue weighted by Gasteiger charge is 2.34. The zero-order valence-corrected chi connectivity index (χ0v) is 22.4. The lowest BCUT2D eigenvalue weighted by molar-refractivity contribution is -0.135. The highest BCUT2D eigenvalue weighted by atomic mass is 32.1. The molecule has 0 radical (unpaired) electrons. The van der Waals surface area contributed by atoms with Crippen LogP contribution in [0.15, 0.2) is 58.5 Å². The van der Waals surface area contributed by atoms with Crippen LogP contribution in [0.4, 0.5) is 0 Å². The van der Waals surface area contributed by atoms with E-state index in [9.17, 15) is 9.59 Å². The molecule has 0 saturated carbocycles. The van der Waals surface area contributed by atoms with E-state index in [2.05, 4.69) is 51.3 Å². The van der Waals surface area contributed by atoms with Crippen molar-refractivity contribution in [1.82, 2.24) is 9.80 Å². The topological polar surface area (TPSA) is 63.0 Å². The van der Waals surface area contributed by atoms with Gasteiger partial charge in [0.25, 0.3) is 5.91 Å². The number of nitrogens with zero attached hydrogens (tertiary/aromatic N) is 2. The molecule has 0 fully saturated rings. The molecule has 1 aliphatic heterocycles. The van der Waals surface area contributed by atoms with Crippen LogP contribution in [0, 0.1) is 5.92 Å². The van der Waals surface area contributed by atoms with Crippen LogP contribution in [0.25, 0.3) is 0 Å². The maximum Gasteiger partial charge on any atom is 0.290 e. The van der Waals surface area contributed by atoms with Gasteiger partial charge in [-0.15, -0.1) is 11.3 Å². The number of carbonyl (C=O) groups is 2. The summed E-state index contributed by atoms with van der Waals surface area (Å²) in [5, 5.41) is 2.08. The van der Waals surface area contributed by atoms with Crippen molar-refractivity contribution in [2.45, 2.75) is 52.5 Å². The molecule has 1 atom stereocenters. The smallest absolute Gasteiger partial charge is 0.290 e. The molecule has 0 bridgehead atoms. The van der Waals surface area contributed by atoms with Crippen LogP contribution in [-0.2, 0) is 11.2 Å². The van der Waals surface area contributed by atoms with E-state index >= 15 is 0 Å². The Kier molecular flexibility index (Phi) is 8.52. The Morgan fingerprint density at radius 1 is 1.14 bits per heavy atom. The Bertz CT molecular complexity index is 1130. The third-order valence-electron chi connectivity index (χ3n) is 6.69. The second kappa shape index (κ2) is 11.8. The summed E-state index contributed by atoms with van der Waals surface area (Å²) in [5.74, 6) is 1.61. The number of furan rings is 1. The first kappa shape index (κ1) is 26.0. The Morgan fingerprint density at radius 3 is 2.58 bits per heavy atom. The molecule has 0 unspecified atom stereocenters. The zero-order valence-electron chi connectivity index (χ0n) is 21.6. The normalized spacial score (nSPS) is 15.3. The number of carbonyl (C=O) groups excluding carboxylic acids is 2. The summed E-state index contributed by atoms with van der Waals surface area (Å²) < 4.78 is 11.5. The summed E-state index contributed by atoms with van der Waals surface area (Å²) in [6.45, 7) is 10.1. The van der Waals surface area contributed by atoms with Gasteiger partial charge in [0.2, 0.25) is 5.91 Å². The second-order valence-corrected chi connectivity index (χ2v) is 11.1. The van der Waals surface area contributed by atoms with Gasteiger partial charge in [0.1, 0.15) is 18.9 Å². The average molecular weight is 509 g/mol. The first-order chi connectivity index (χ1) is 17.3. The highest BCUT2D eigenvalue weighted by molar-refractivity contribution is 7.10. The fourth-order valence-electron chi connectivity index (χ4n) is 4.48. The van der Waals surface area contributed by atoms with Gasteiger partial charge in [-0.05, 0) is 71.5 Å². The second-order valence-electron chi connectivity index (χ2n) is 10.1. The number of hydrogen-bond donors (Lipinski definition) is 0. The fraction of sp³-hybridized carbons (Fsp3) is 0.448. The molecule has 0 saturated heterocycles. The summed E-state index contributed by atoms with van der Waals surface area (Å²) >= 11 is 1.73. The monoisotopic (exact) mass is 508 g/mol. The number of rotatable bonds is 10. The van der Waals surface area contributed by atoms with Gasteiger partial charge in [-0.1, -0.05) is 39.8 Å². The summed E-state index contributed by atoms with van der Waals surface area (Å²) in [4.78, 5) is 31.5. The maximum atomic E-state index is 13.6. The van der Waals surface area contributed by atoms with Crippen LogP contribution in [0.5, 0.6) is 5.75 Å². The van der Waals surface area contributed by atoms with E-state index in [4.69, 9.17) is 9.15 Å². The molecule has 1 aliphatic rings. The van der Waals surface area contributed by atoms with Crippen molar-refractivity contribution in [3.8, 4) is 5.75 Å². The number of thiophene rings is 1. The van der Waals surface area contributed by atoms with E-state index < -0.39 is 0 Å². The Labute approximate surface area is 217 Å².